The number of carbonyl (C=O) groups is 4. The molecule has 2 N–H and O–H groups in total. The van der Waals surface area contributed by atoms with E-state index in [2.05, 4.69) is 10.2 Å². The molecule has 0 aliphatic carbocycles. The maximum absolute atomic E-state index is 13.9. The molecule has 3 aromatic rings. The van der Waals surface area contributed by atoms with Crippen LogP contribution in [0.1, 0.15) is 33.6 Å². The van der Waals surface area contributed by atoms with E-state index in [4.69, 9.17) is 9.90 Å². The molecule has 0 saturated carbocycles. The van der Waals surface area contributed by atoms with Crippen LogP contribution in [-0.2, 0) is 9.59 Å². The van der Waals surface area contributed by atoms with Gasteiger partial charge in [-0.1, -0.05) is 6.07 Å². The van der Waals surface area contributed by atoms with Crippen LogP contribution in [0.3, 0.4) is 0 Å². The summed E-state index contributed by atoms with van der Waals surface area (Å²) in [6, 6.07) is 16.0. The number of nitrogens with zero attached hydrogens (tertiary/aromatic N) is 3. The first-order chi connectivity index (χ1) is 21.7. The first-order valence-corrected chi connectivity index (χ1v) is 13.9. The molecule has 0 atom stereocenters. The summed E-state index contributed by atoms with van der Waals surface area (Å²) in [6.45, 7) is 1.70. The summed E-state index contributed by atoms with van der Waals surface area (Å²) in [5.74, 6) is -5.44. The van der Waals surface area contributed by atoms with E-state index in [9.17, 15) is 40.7 Å². The third kappa shape index (κ3) is 7.83. The van der Waals surface area contributed by atoms with Crippen LogP contribution in [0.15, 0.2) is 72.8 Å². The highest BCUT2D eigenvalue weighted by Crippen LogP contribution is 2.36. The van der Waals surface area contributed by atoms with Crippen molar-refractivity contribution in [1.29, 1.82) is 0 Å². The summed E-state index contributed by atoms with van der Waals surface area (Å²) in [6.07, 6.45) is -4.12. The van der Waals surface area contributed by atoms with Crippen molar-refractivity contribution in [3.8, 4) is 0 Å². The van der Waals surface area contributed by atoms with Gasteiger partial charge >= 0.3 is 12.1 Å². The number of amides is 3. The minimum atomic E-state index is -5.08. The number of hydrogen-bond donors (Lipinski definition) is 2. The molecular weight excluding hydrogens is 622 g/mol. The summed E-state index contributed by atoms with van der Waals surface area (Å²) in [7, 11) is 0. The Bertz CT molecular complexity index is 1520. The summed E-state index contributed by atoms with van der Waals surface area (Å²) in [5.41, 5.74) is 0.121. The number of halogens is 6. The fraction of sp³-hybridized carbons (Fsp3) is 0.290. The van der Waals surface area contributed by atoms with E-state index in [1.54, 1.807) is 12.1 Å². The molecule has 9 nitrogen and oxygen atoms in total. The fourth-order valence-electron chi connectivity index (χ4n) is 5.25. The zero-order valence-corrected chi connectivity index (χ0v) is 24.1. The number of carboxylic acid groups (broad SMARTS) is 1. The van der Waals surface area contributed by atoms with Gasteiger partial charge in [0, 0.05) is 43.0 Å². The molecule has 5 rings (SSSR count). The van der Waals surface area contributed by atoms with Gasteiger partial charge in [-0.05, 0) is 79.6 Å². The lowest BCUT2D eigenvalue weighted by Crippen LogP contribution is -2.57. The molecule has 0 unspecified atom stereocenters. The molecule has 2 fully saturated rings. The number of rotatable bonds is 6. The number of carboxylic acids is 1. The van der Waals surface area contributed by atoms with Crippen molar-refractivity contribution in [3.05, 3.63) is 101 Å². The molecular formula is C31H28F6N4O5. The second kappa shape index (κ2) is 14.0. The average molecular weight is 651 g/mol. The molecule has 0 bridgehead atoms. The van der Waals surface area contributed by atoms with Crippen molar-refractivity contribution in [2.24, 2.45) is 0 Å². The molecule has 2 aliphatic heterocycles. The molecule has 0 aromatic heterocycles. The molecule has 15 heteroatoms. The average Bonchev–Trinajstić information content (AvgIpc) is 3.33. The maximum atomic E-state index is 13.9. The Morgan fingerprint density at radius 2 is 1.33 bits per heavy atom. The summed E-state index contributed by atoms with van der Waals surface area (Å²) >= 11 is 0. The number of benzene rings is 3. The predicted octanol–water partition coefficient (Wildman–Crippen LogP) is 4.45. The third-order valence-corrected chi connectivity index (χ3v) is 7.70. The van der Waals surface area contributed by atoms with Gasteiger partial charge in [-0.3, -0.25) is 19.3 Å². The zero-order chi connectivity index (χ0) is 33.6. The lowest BCUT2D eigenvalue weighted by Gasteiger charge is -2.43. The Morgan fingerprint density at radius 3 is 1.78 bits per heavy atom. The first kappa shape index (κ1) is 34.0. The van der Waals surface area contributed by atoms with E-state index >= 15 is 0 Å². The number of piperidine rings is 1. The Labute approximate surface area is 259 Å². The number of anilines is 1. The van der Waals surface area contributed by atoms with E-state index < -0.39 is 41.1 Å². The van der Waals surface area contributed by atoms with Gasteiger partial charge in [-0.25, -0.2) is 18.0 Å². The Hall–Kier alpha value is -4.92. The zero-order valence-electron chi connectivity index (χ0n) is 24.1. The second-order valence-corrected chi connectivity index (χ2v) is 10.5. The molecule has 2 heterocycles. The Morgan fingerprint density at radius 1 is 0.826 bits per heavy atom. The minimum Gasteiger partial charge on any atom is -0.475 e. The first-order valence-electron chi connectivity index (χ1n) is 13.9. The van der Waals surface area contributed by atoms with Crippen molar-refractivity contribution < 1.29 is 50.6 Å². The normalized spacial score (nSPS) is 16.0. The number of nitrogens with one attached hydrogen (secondary N) is 1. The molecule has 3 aromatic carbocycles. The number of carbonyl (C=O) groups excluding carboxylic acids is 3. The van der Waals surface area contributed by atoms with Gasteiger partial charge in [0.25, 0.3) is 11.8 Å². The SMILES string of the molecule is O=C(O)C(F)(F)F.O=C(c1ccc(F)cc1)N(CCN1CCC2(CC1)C(=O)NCN2c1cccc(F)c1)C(=O)c1ccc(F)cc1. The van der Waals surface area contributed by atoms with Crippen molar-refractivity contribution in [3.63, 3.8) is 0 Å². The van der Waals surface area contributed by atoms with Gasteiger partial charge in [-0.15, -0.1) is 0 Å². The van der Waals surface area contributed by atoms with Gasteiger partial charge in [0.05, 0.1) is 6.67 Å². The Kier molecular flexibility index (Phi) is 10.4. The van der Waals surface area contributed by atoms with Crippen LogP contribution in [0, 0.1) is 17.5 Å². The third-order valence-electron chi connectivity index (χ3n) is 7.70. The number of alkyl halides is 3. The van der Waals surface area contributed by atoms with Gasteiger partial charge in [0.15, 0.2) is 0 Å². The van der Waals surface area contributed by atoms with Crippen LogP contribution in [0.5, 0.6) is 0 Å². The quantitative estimate of drug-likeness (QED) is 0.300. The van der Waals surface area contributed by atoms with Gasteiger partial charge < -0.3 is 20.2 Å². The lowest BCUT2D eigenvalue weighted by molar-refractivity contribution is -0.192. The topological polar surface area (TPSA) is 110 Å². The summed E-state index contributed by atoms with van der Waals surface area (Å²) < 4.78 is 72.5. The number of imide groups is 1. The van der Waals surface area contributed by atoms with Gasteiger partial charge in [-0.2, -0.15) is 13.2 Å². The molecule has 244 valence electrons. The number of hydrogen-bond acceptors (Lipinski definition) is 6. The monoisotopic (exact) mass is 650 g/mol. The number of likely N-dealkylation sites (tertiary alicyclic amines) is 1. The summed E-state index contributed by atoms with van der Waals surface area (Å²) in [5, 5.41) is 10.0. The summed E-state index contributed by atoms with van der Waals surface area (Å²) in [4.78, 5) is 53.4. The van der Waals surface area contributed by atoms with E-state index in [0.717, 1.165) is 29.2 Å². The smallest absolute Gasteiger partial charge is 0.475 e. The van der Waals surface area contributed by atoms with E-state index in [0.29, 0.717) is 38.2 Å². The molecule has 2 saturated heterocycles. The van der Waals surface area contributed by atoms with Crippen molar-refractivity contribution in [2.75, 3.05) is 37.7 Å². The van der Waals surface area contributed by atoms with E-state index in [-0.39, 0.29) is 36.1 Å². The van der Waals surface area contributed by atoms with Crippen LogP contribution < -0.4 is 10.2 Å². The molecule has 3 amide bonds. The second-order valence-electron chi connectivity index (χ2n) is 10.5. The van der Waals surface area contributed by atoms with Crippen LogP contribution in [-0.4, -0.2) is 83.2 Å². The van der Waals surface area contributed by atoms with E-state index in [1.165, 1.54) is 36.4 Å². The van der Waals surface area contributed by atoms with Crippen LogP contribution in [0.4, 0.5) is 32.0 Å². The largest absolute Gasteiger partial charge is 0.490 e. The molecule has 46 heavy (non-hydrogen) atoms. The van der Waals surface area contributed by atoms with Crippen molar-refractivity contribution in [1.82, 2.24) is 15.1 Å². The highest BCUT2D eigenvalue weighted by molar-refractivity contribution is 6.10. The van der Waals surface area contributed by atoms with E-state index in [1.807, 2.05) is 4.90 Å². The Balaban J connectivity index is 0.000000617. The standard InChI is InChI=1S/C29H27F3N4O3.C2HF3O2/c30-22-8-4-20(5-9-22)26(37)35(27(38)21-6-10-23(31)11-7-21)17-16-34-14-12-29(13-15-34)28(39)33-19-36(29)25-3-1-2-24(32)18-25;3-2(4,5)1(6)7/h1-11,18H,12-17,19H2,(H,33,39);(H,6,7). The van der Waals surface area contributed by atoms with Crippen molar-refractivity contribution in [2.45, 2.75) is 24.6 Å². The van der Waals surface area contributed by atoms with Crippen LogP contribution in [0.2, 0.25) is 0 Å². The highest BCUT2D eigenvalue weighted by atomic mass is 19.4. The fourth-order valence-corrected chi connectivity index (χ4v) is 5.25. The van der Waals surface area contributed by atoms with Crippen LogP contribution >= 0.6 is 0 Å². The van der Waals surface area contributed by atoms with Crippen molar-refractivity contribution >= 4 is 29.4 Å². The minimum absolute atomic E-state index is 0.0409. The maximum Gasteiger partial charge on any atom is 0.490 e. The lowest BCUT2D eigenvalue weighted by atomic mass is 9.85. The molecule has 0 radical (unpaired) electrons. The highest BCUT2D eigenvalue weighted by Gasteiger charge is 2.50. The van der Waals surface area contributed by atoms with Crippen LogP contribution in [0.25, 0.3) is 0 Å². The van der Waals surface area contributed by atoms with Gasteiger partial charge in [0.1, 0.15) is 23.0 Å². The predicted molar refractivity (Wildman–Crippen MR) is 152 cm³/mol. The molecule has 1 spiro atoms. The van der Waals surface area contributed by atoms with Gasteiger partial charge in [0.2, 0.25) is 5.91 Å². The molecule has 2 aliphatic rings. The number of aliphatic carboxylic acids is 1.